The van der Waals surface area contributed by atoms with Gasteiger partial charge in [0.25, 0.3) is 0 Å². The molecule has 0 saturated carbocycles. The van der Waals surface area contributed by atoms with Crippen LogP contribution < -0.4 is 24.7 Å². The van der Waals surface area contributed by atoms with E-state index < -0.39 is 11.9 Å². The summed E-state index contributed by atoms with van der Waals surface area (Å²) in [5.74, 6) is 1.20. The zero-order valence-electron chi connectivity index (χ0n) is 22.7. The van der Waals surface area contributed by atoms with E-state index in [0.717, 1.165) is 29.7 Å². The predicted molar refractivity (Wildman–Crippen MR) is 154 cm³/mol. The molecule has 4 rings (SSSR count). The fraction of sp³-hybridized carbons (Fsp3) is 0.273. The highest BCUT2D eigenvalue weighted by atomic mass is 16.5. The number of ether oxygens (including phenoxy) is 4. The molecule has 1 aliphatic heterocycles. The molecule has 0 spiro atoms. The lowest BCUT2D eigenvalue weighted by Gasteiger charge is -2.26. The van der Waals surface area contributed by atoms with E-state index in [9.17, 15) is 10.1 Å². The number of carbonyl (C=O) groups excluding carboxylic acids is 1. The number of hydrogen-bond acceptors (Lipinski definition) is 7. The molecule has 2 N–H and O–H groups in total. The van der Waals surface area contributed by atoms with Gasteiger partial charge in [0.2, 0.25) is 5.88 Å². The Balaban J connectivity index is 1.47. The van der Waals surface area contributed by atoms with Crippen LogP contribution in [0.4, 0.5) is 0 Å². The van der Waals surface area contributed by atoms with Crippen LogP contribution in [0.2, 0.25) is 0 Å². The van der Waals surface area contributed by atoms with E-state index in [1.165, 1.54) is 19.3 Å². The Kier molecular flexibility index (Phi) is 9.84. The molecule has 1 atom stereocenters. The first-order chi connectivity index (χ1) is 19.5. The molecule has 0 saturated heterocycles. The smallest absolute Gasteiger partial charge is 0.343 e. The number of nitriles is 1. The van der Waals surface area contributed by atoms with E-state index in [4.69, 9.17) is 24.7 Å². The quantitative estimate of drug-likeness (QED) is 0.108. The molecule has 1 heterocycles. The molecule has 0 fully saturated rings. The summed E-state index contributed by atoms with van der Waals surface area (Å²) >= 11 is 0. The number of rotatable bonds is 13. The van der Waals surface area contributed by atoms with Crippen LogP contribution in [0.15, 0.2) is 90.8 Å². The van der Waals surface area contributed by atoms with E-state index in [1.807, 2.05) is 24.3 Å². The molecule has 0 bridgehead atoms. The summed E-state index contributed by atoms with van der Waals surface area (Å²) in [5, 5.41) is 9.87. The van der Waals surface area contributed by atoms with Crippen LogP contribution in [0.5, 0.6) is 23.0 Å². The van der Waals surface area contributed by atoms with Crippen molar-refractivity contribution in [1.29, 1.82) is 5.26 Å². The average Bonchev–Trinajstić information content (AvgIpc) is 2.97. The summed E-state index contributed by atoms with van der Waals surface area (Å²) < 4.78 is 22.7. The van der Waals surface area contributed by atoms with Gasteiger partial charge in [0, 0.05) is 11.6 Å². The number of nitrogens with zero attached hydrogens (tertiary/aromatic N) is 1. The lowest BCUT2D eigenvalue weighted by molar-refractivity contribution is 0.0734. The minimum absolute atomic E-state index is 0.0194. The van der Waals surface area contributed by atoms with Gasteiger partial charge in [-0.15, -0.1) is 0 Å². The van der Waals surface area contributed by atoms with E-state index in [2.05, 4.69) is 19.6 Å². The van der Waals surface area contributed by atoms with Gasteiger partial charge in [-0.2, -0.15) is 5.26 Å². The summed E-state index contributed by atoms with van der Waals surface area (Å²) in [7, 11) is 0. The van der Waals surface area contributed by atoms with Crippen LogP contribution in [-0.4, -0.2) is 19.2 Å². The number of carbonyl (C=O) groups is 1. The molecule has 40 heavy (non-hydrogen) atoms. The predicted octanol–water partition coefficient (Wildman–Crippen LogP) is 7.04. The summed E-state index contributed by atoms with van der Waals surface area (Å²) in [6.45, 7) is 6.87. The molecule has 206 valence electrons. The Hall–Kier alpha value is -4.70. The minimum atomic E-state index is -0.523. The van der Waals surface area contributed by atoms with Gasteiger partial charge in [0.05, 0.1) is 18.1 Å². The minimum Gasteiger partial charge on any atom is -0.494 e. The average molecular weight is 539 g/mol. The monoisotopic (exact) mass is 538 g/mol. The highest BCUT2D eigenvalue weighted by Gasteiger charge is 2.31. The molecule has 3 aromatic carbocycles. The number of benzene rings is 3. The zero-order chi connectivity index (χ0) is 28.3. The number of hydrogen-bond donors (Lipinski definition) is 1. The van der Waals surface area contributed by atoms with Crippen molar-refractivity contribution < 1.29 is 23.7 Å². The molecule has 1 unspecified atom stereocenters. The molecule has 7 nitrogen and oxygen atoms in total. The molecule has 0 aliphatic carbocycles. The lowest BCUT2D eigenvalue weighted by Crippen LogP contribution is -2.21. The molecular formula is C33H34N2O5. The third-order valence-corrected chi connectivity index (χ3v) is 6.59. The van der Waals surface area contributed by atoms with Crippen LogP contribution in [0.3, 0.4) is 0 Å². The molecule has 0 amide bonds. The van der Waals surface area contributed by atoms with E-state index in [1.54, 1.807) is 48.5 Å². The van der Waals surface area contributed by atoms with Crippen molar-refractivity contribution in [1.82, 2.24) is 0 Å². The van der Waals surface area contributed by atoms with E-state index in [0.29, 0.717) is 41.6 Å². The Morgan fingerprint density at radius 3 is 2.35 bits per heavy atom. The van der Waals surface area contributed by atoms with Gasteiger partial charge in [-0.1, -0.05) is 63.5 Å². The van der Waals surface area contributed by atoms with Gasteiger partial charge in [0.15, 0.2) is 0 Å². The first-order valence-corrected chi connectivity index (χ1v) is 13.5. The van der Waals surface area contributed by atoms with Gasteiger partial charge >= 0.3 is 5.97 Å². The van der Waals surface area contributed by atoms with Crippen LogP contribution in [0.1, 0.15) is 66.4 Å². The van der Waals surface area contributed by atoms with Crippen molar-refractivity contribution in [2.45, 2.75) is 44.9 Å². The molecule has 0 radical (unpaired) electrons. The molecule has 0 aromatic heterocycles. The standard InChI is InChI=1S/C33H34N2O5/c1-3-5-6-7-8-20-38-26-13-9-23(10-14-26)31-28-18-17-27(21-30(28)40-32(35)29(31)22-34)39-33(36)24-11-15-25(16-12-24)37-19-4-2/h4,9-18,21,31H,2-3,5-8,19-20,35H2,1H3. The van der Waals surface area contributed by atoms with Gasteiger partial charge in [-0.25, -0.2) is 4.79 Å². The second-order valence-electron chi connectivity index (χ2n) is 9.47. The number of unbranched alkanes of at least 4 members (excludes halogenated alkanes) is 4. The van der Waals surface area contributed by atoms with Gasteiger partial charge in [-0.3, -0.25) is 0 Å². The fourth-order valence-electron chi connectivity index (χ4n) is 4.50. The van der Waals surface area contributed by atoms with Crippen molar-refractivity contribution >= 4 is 5.97 Å². The second kappa shape index (κ2) is 13.9. The van der Waals surface area contributed by atoms with Crippen LogP contribution in [0, 0.1) is 11.3 Å². The van der Waals surface area contributed by atoms with Crippen LogP contribution in [-0.2, 0) is 0 Å². The first-order valence-electron chi connectivity index (χ1n) is 13.5. The Morgan fingerprint density at radius 1 is 0.975 bits per heavy atom. The van der Waals surface area contributed by atoms with Gasteiger partial charge in [0.1, 0.15) is 41.2 Å². The number of allylic oxidation sites excluding steroid dienone is 1. The summed E-state index contributed by atoms with van der Waals surface area (Å²) in [4.78, 5) is 12.7. The highest BCUT2D eigenvalue weighted by molar-refractivity contribution is 5.91. The van der Waals surface area contributed by atoms with Crippen LogP contribution >= 0.6 is 0 Å². The lowest BCUT2D eigenvalue weighted by atomic mass is 9.83. The molecule has 3 aromatic rings. The van der Waals surface area contributed by atoms with Crippen molar-refractivity contribution in [3.63, 3.8) is 0 Å². The molecule has 1 aliphatic rings. The maximum absolute atomic E-state index is 12.7. The number of fused-ring (bicyclic) bond motifs is 1. The SMILES string of the molecule is C=CCOc1ccc(C(=O)Oc2ccc3c(c2)OC(N)=C(C#N)C3c2ccc(OCCCCCCC)cc2)cc1. The topological polar surface area (TPSA) is 104 Å². The third-order valence-electron chi connectivity index (χ3n) is 6.59. The highest BCUT2D eigenvalue weighted by Crippen LogP contribution is 2.43. The number of nitrogens with two attached hydrogens (primary N) is 1. The fourth-order valence-corrected chi connectivity index (χ4v) is 4.50. The first kappa shape index (κ1) is 28.3. The molecular weight excluding hydrogens is 504 g/mol. The maximum atomic E-state index is 12.7. The summed E-state index contributed by atoms with van der Waals surface area (Å²) in [6, 6.07) is 21.6. The Morgan fingerprint density at radius 2 is 1.65 bits per heavy atom. The van der Waals surface area contributed by atoms with E-state index >= 15 is 0 Å². The Labute approximate surface area is 235 Å². The maximum Gasteiger partial charge on any atom is 0.343 e. The van der Waals surface area contributed by atoms with Crippen molar-refractivity contribution in [2.75, 3.05) is 13.2 Å². The number of esters is 1. The van der Waals surface area contributed by atoms with Crippen molar-refractivity contribution in [3.05, 3.63) is 108 Å². The summed E-state index contributed by atoms with van der Waals surface area (Å²) in [6.07, 6.45) is 7.53. The Bertz CT molecular complexity index is 1390. The van der Waals surface area contributed by atoms with Gasteiger partial charge in [-0.05, 0) is 54.4 Å². The zero-order valence-corrected chi connectivity index (χ0v) is 22.7. The largest absolute Gasteiger partial charge is 0.494 e. The van der Waals surface area contributed by atoms with Crippen LogP contribution in [0.25, 0.3) is 0 Å². The second-order valence-corrected chi connectivity index (χ2v) is 9.47. The van der Waals surface area contributed by atoms with Crippen molar-refractivity contribution in [2.24, 2.45) is 5.73 Å². The third kappa shape index (κ3) is 7.03. The normalized spacial score (nSPS) is 13.9. The summed E-state index contributed by atoms with van der Waals surface area (Å²) in [5.41, 5.74) is 8.47. The van der Waals surface area contributed by atoms with E-state index in [-0.39, 0.29) is 5.88 Å². The van der Waals surface area contributed by atoms with Gasteiger partial charge < -0.3 is 24.7 Å². The molecule has 7 heteroatoms. The van der Waals surface area contributed by atoms with Crippen molar-refractivity contribution in [3.8, 4) is 29.1 Å².